The first kappa shape index (κ1) is 15.8. The quantitative estimate of drug-likeness (QED) is 0.503. The summed E-state index contributed by atoms with van der Waals surface area (Å²) >= 11 is 0. The van der Waals surface area contributed by atoms with Crippen LogP contribution in [-0.4, -0.2) is 43.9 Å². The van der Waals surface area contributed by atoms with Crippen molar-refractivity contribution in [3.63, 3.8) is 0 Å². The molecule has 0 heterocycles. The zero-order chi connectivity index (χ0) is 14.1. The Labute approximate surface area is 113 Å². The van der Waals surface area contributed by atoms with Crippen molar-refractivity contribution in [3.05, 3.63) is 0 Å². The van der Waals surface area contributed by atoms with Crippen LogP contribution in [0.2, 0.25) is 0 Å². The number of hydrogen-bond acceptors (Lipinski definition) is 3. The minimum atomic E-state index is -0.799. The van der Waals surface area contributed by atoms with E-state index < -0.39 is 11.4 Å². The van der Waals surface area contributed by atoms with Crippen LogP contribution in [0, 0.1) is 5.41 Å². The van der Waals surface area contributed by atoms with E-state index in [4.69, 9.17) is 4.74 Å². The average molecular weight is 272 g/mol. The normalized spacial score (nSPS) is 18.4. The summed E-state index contributed by atoms with van der Waals surface area (Å²) in [6, 6.07) is -0.332. The van der Waals surface area contributed by atoms with E-state index in [1.807, 2.05) is 0 Å². The smallest absolute Gasteiger partial charge is 0.314 e. The van der Waals surface area contributed by atoms with Gasteiger partial charge in [-0.25, -0.2) is 4.79 Å². The number of methoxy groups -OCH3 is 1. The lowest BCUT2D eigenvalue weighted by molar-refractivity contribution is -0.149. The first-order valence-electron chi connectivity index (χ1n) is 6.85. The van der Waals surface area contributed by atoms with Gasteiger partial charge in [0, 0.05) is 20.2 Å². The molecule has 1 fully saturated rings. The van der Waals surface area contributed by atoms with Gasteiger partial charge in [0.25, 0.3) is 0 Å². The van der Waals surface area contributed by atoms with E-state index in [1.54, 1.807) is 7.11 Å². The van der Waals surface area contributed by atoms with Crippen molar-refractivity contribution in [3.8, 4) is 0 Å². The molecule has 0 bridgehead atoms. The number of amides is 2. The Morgan fingerprint density at radius 2 is 1.79 bits per heavy atom. The van der Waals surface area contributed by atoms with Gasteiger partial charge >= 0.3 is 12.0 Å². The maximum Gasteiger partial charge on any atom is 0.314 e. The fourth-order valence-corrected chi connectivity index (χ4v) is 2.45. The summed E-state index contributed by atoms with van der Waals surface area (Å²) < 4.78 is 4.82. The predicted octanol–water partition coefficient (Wildman–Crippen LogP) is 1.36. The van der Waals surface area contributed by atoms with Crippen LogP contribution in [0.4, 0.5) is 4.79 Å². The number of rotatable bonds is 6. The number of carbonyl (C=O) groups excluding carboxylic acids is 1. The molecule has 0 aromatic carbocycles. The lowest BCUT2D eigenvalue weighted by Crippen LogP contribution is -2.46. The Kier molecular flexibility index (Phi) is 6.62. The van der Waals surface area contributed by atoms with Gasteiger partial charge in [0.1, 0.15) is 0 Å². The molecule has 2 amide bonds. The number of hydrogen-bond donors (Lipinski definition) is 3. The topological polar surface area (TPSA) is 87.7 Å². The van der Waals surface area contributed by atoms with Gasteiger partial charge in [0.15, 0.2) is 0 Å². The molecule has 0 aliphatic heterocycles. The number of urea groups is 1. The maximum absolute atomic E-state index is 11.5. The lowest BCUT2D eigenvalue weighted by Gasteiger charge is -2.28. The number of aliphatic carboxylic acids is 1. The Balaban J connectivity index is 2.45. The molecule has 0 aromatic rings. The van der Waals surface area contributed by atoms with Crippen LogP contribution < -0.4 is 10.6 Å². The van der Waals surface area contributed by atoms with Gasteiger partial charge in [-0.2, -0.15) is 0 Å². The second-order valence-electron chi connectivity index (χ2n) is 5.10. The Morgan fingerprint density at radius 3 is 2.32 bits per heavy atom. The van der Waals surface area contributed by atoms with Crippen LogP contribution in [0.5, 0.6) is 0 Å². The molecule has 6 heteroatoms. The minimum Gasteiger partial charge on any atom is -0.481 e. The van der Waals surface area contributed by atoms with Gasteiger partial charge in [-0.05, 0) is 12.8 Å². The largest absolute Gasteiger partial charge is 0.481 e. The molecular weight excluding hydrogens is 248 g/mol. The monoisotopic (exact) mass is 272 g/mol. The molecule has 0 radical (unpaired) electrons. The highest BCUT2D eigenvalue weighted by atomic mass is 16.5. The van der Waals surface area contributed by atoms with Crippen molar-refractivity contribution in [1.82, 2.24) is 10.6 Å². The van der Waals surface area contributed by atoms with Crippen LogP contribution in [-0.2, 0) is 9.53 Å². The molecule has 0 aromatic heterocycles. The molecule has 0 unspecified atom stereocenters. The van der Waals surface area contributed by atoms with Crippen LogP contribution in [0.25, 0.3) is 0 Å². The van der Waals surface area contributed by atoms with E-state index in [0.717, 1.165) is 25.7 Å². The molecule has 0 saturated heterocycles. The summed E-state index contributed by atoms with van der Waals surface area (Å²) in [5.74, 6) is -0.799. The van der Waals surface area contributed by atoms with Crippen molar-refractivity contribution in [1.29, 1.82) is 0 Å². The second-order valence-corrected chi connectivity index (χ2v) is 5.10. The molecule has 19 heavy (non-hydrogen) atoms. The highest BCUT2D eigenvalue weighted by Gasteiger charge is 2.38. The van der Waals surface area contributed by atoms with Crippen LogP contribution in [0.1, 0.15) is 38.5 Å². The van der Waals surface area contributed by atoms with Gasteiger partial charge in [0.05, 0.1) is 12.0 Å². The molecule has 1 rings (SSSR count). The molecule has 1 aliphatic carbocycles. The number of ether oxygens (including phenoxy) is 1. The summed E-state index contributed by atoms with van der Waals surface area (Å²) in [4.78, 5) is 23.1. The van der Waals surface area contributed by atoms with Crippen molar-refractivity contribution in [2.45, 2.75) is 38.5 Å². The third-order valence-corrected chi connectivity index (χ3v) is 3.69. The first-order valence-corrected chi connectivity index (χ1v) is 6.85. The zero-order valence-electron chi connectivity index (χ0n) is 11.5. The van der Waals surface area contributed by atoms with E-state index in [0.29, 0.717) is 26.0 Å². The van der Waals surface area contributed by atoms with Gasteiger partial charge in [-0.1, -0.05) is 25.7 Å². The zero-order valence-corrected chi connectivity index (χ0v) is 11.5. The maximum atomic E-state index is 11.5. The van der Waals surface area contributed by atoms with Crippen LogP contribution >= 0.6 is 0 Å². The van der Waals surface area contributed by atoms with E-state index >= 15 is 0 Å². The number of nitrogens with one attached hydrogen (secondary N) is 2. The number of carboxylic acids is 1. The number of carboxylic acid groups (broad SMARTS) is 1. The SMILES string of the molecule is COCCNC(=O)NCC1(C(=O)O)CCCCCC1. The highest BCUT2D eigenvalue weighted by Crippen LogP contribution is 2.34. The summed E-state index contributed by atoms with van der Waals surface area (Å²) in [5.41, 5.74) is -0.797. The summed E-state index contributed by atoms with van der Waals surface area (Å²) in [5, 5.41) is 14.8. The van der Waals surface area contributed by atoms with Crippen LogP contribution in [0.3, 0.4) is 0 Å². The molecule has 6 nitrogen and oxygen atoms in total. The van der Waals surface area contributed by atoms with Gasteiger partial charge < -0.3 is 20.5 Å². The fraction of sp³-hybridized carbons (Fsp3) is 0.846. The van der Waals surface area contributed by atoms with Crippen molar-refractivity contribution < 1.29 is 19.4 Å². The molecule has 1 saturated carbocycles. The van der Waals surface area contributed by atoms with Gasteiger partial charge in [-0.3, -0.25) is 4.79 Å². The van der Waals surface area contributed by atoms with Crippen molar-refractivity contribution in [2.24, 2.45) is 5.41 Å². The van der Waals surface area contributed by atoms with Gasteiger partial charge in [0.2, 0.25) is 0 Å². The third kappa shape index (κ3) is 5.06. The Morgan fingerprint density at radius 1 is 1.16 bits per heavy atom. The average Bonchev–Trinajstić information content (AvgIpc) is 2.63. The fourth-order valence-electron chi connectivity index (χ4n) is 2.45. The standard InChI is InChI=1S/C13H24N2O4/c1-19-9-8-14-12(18)15-10-13(11(16)17)6-4-2-3-5-7-13/h2-10H2,1H3,(H,16,17)(H2,14,15,18). The summed E-state index contributed by atoms with van der Waals surface area (Å²) in [6.07, 6.45) is 5.27. The van der Waals surface area contributed by atoms with Crippen LogP contribution in [0.15, 0.2) is 0 Å². The predicted molar refractivity (Wildman–Crippen MR) is 71.0 cm³/mol. The van der Waals surface area contributed by atoms with Crippen molar-refractivity contribution >= 4 is 12.0 Å². The molecular formula is C13H24N2O4. The Hall–Kier alpha value is -1.30. The van der Waals surface area contributed by atoms with Gasteiger partial charge in [-0.15, -0.1) is 0 Å². The number of carbonyl (C=O) groups is 2. The Bertz CT molecular complexity index is 299. The molecule has 0 atom stereocenters. The highest BCUT2D eigenvalue weighted by molar-refractivity contribution is 5.78. The van der Waals surface area contributed by atoms with E-state index in [-0.39, 0.29) is 12.6 Å². The molecule has 3 N–H and O–H groups in total. The molecule has 0 spiro atoms. The molecule has 1 aliphatic rings. The minimum absolute atomic E-state index is 0.196. The van der Waals surface area contributed by atoms with Crippen molar-refractivity contribution in [2.75, 3.05) is 26.8 Å². The molecule has 110 valence electrons. The lowest BCUT2D eigenvalue weighted by atomic mass is 9.80. The second kappa shape index (κ2) is 7.99. The third-order valence-electron chi connectivity index (χ3n) is 3.69. The first-order chi connectivity index (χ1) is 9.10. The van der Waals surface area contributed by atoms with E-state index in [2.05, 4.69) is 10.6 Å². The summed E-state index contributed by atoms with van der Waals surface area (Å²) in [7, 11) is 1.56. The van der Waals surface area contributed by atoms with E-state index in [9.17, 15) is 14.7 Å². The summed E-state index contributed by atoms with van der Waals surface area (Å²) in [6.45, 7) is 1.06. The van der Waals surface area contributed by atoms with E-state index in [1.165, 1.54) is 0 Å².